The van der Waals surface area contributed by atoms with Gasteiger partial charge in [-0.3, -0.25) is 0 Å². The van der Waals surface area contributed by atoms with Crippen LogP contribution in [0.1, 0.15) is 109 Å². The van der Waals surface area contributed by atoms with Crippen molar-refractivity contribution >= 4 is 0 Å². The summed E-state index contributed by atoms with van der Waals surface area (Å²) in [5, 5.41) is 10.9. The van der Waals surface area contributed by atoms with Crippen molar-refractivity contribution < 1.29 is 5.11 Å². The smallest absolute Gasteiger partial charge is 0.0667 e. The Morgan fingerprint density at radius 2 is 1.14 bits per heavy atom. The van der Waals surface area contributed by atoms with E-state index in [9.17, 15) is 5.11 Å². The SMILES string of the molecule is OC1CCCC/C=C\CCCCC2CN3CCCC/C=C\CCCC[C@H]4C[C@H](CN(C1)C4)[C@H]2CC3. The summed E-state index contributed by atoms with van der Waals surface area (Å²) in [5.74, 6) is 3.47. The van der Waals surface area contributed by atoms with Crippen molar-refractivity contribution in [2.45, 2.75) is 115 Å². The van der Waals surface area contributed by atoms with E-state index < -0.39 is 0 Å². The Labute approximate surface area is 217 Å². The minimum Gasteiger partial charge on any atom is -0.392 e. The number of nitrogens with zero attached hydrogens (tertiary/aromatic N) is 2. The van der Waals surface area contributed by atoms with Crippen molar-refractivity contribution in [2.24, 2.45) is 23.7 Å². The van der Waals surface area contributed by atoms with E-state index in [1.807, 2.05) is 0 Å². The molecule has 200 valence electrons. The van der Waals surface area contributed by atoms with Gasteiger partial charge in [0.25, 0.3) is 0 Å². The first-order valence-corrected chi connectivity index (χ1v) is 15.7. The summed E-state index contributed by atoms with van der Waals surface area (Å²) in [6.07, 6.45) is 31.9. The van der Waals surface area contributed by atoms with E-state index in [0.717, 1.165) is 36.6 Å². The van der Waals surface area contributed by atoms with Crippen LogP contribution >= 0.6 is 0 Å². The molecule has 5 aliphatic rings. The van der Waals surface area contributed by atoms with Gasteiger partial charge < -0.3 is 14.9 Å². The topological polar surface area (TPSA) is 26.7 Å². The Morgan fingerprint density at radius 1 is 0.514 bits per heavy atom. The van der Waals surface area contributed by atoms with E-state index in [-0.39, 0.29) is 6.10 Å². The lowest BCUT2D eigenvalue weighted by Crippen LogP contribution is -2.50. The van der Waals surface area contributed by atoms with Crippen LogP contribution < -0.4 is 0 Å². The minimum absolute atomic E-state index is 0.140. The average molecular weight is 485 g/mol. The highest BCUT2D eigenvalue weighted by Crippen LogP contribution is 2.40. The Morgan fingerprint density at radius 3 is 1.89 bits per heavy atom. The van der Waals surface area contributed by atoms with E-state index in [1.165, 1.54) is 135 Å². The maximum Gasteiger partial charge on any atom is 0.0667 e. The Balaban J connectivity index is 1.49. The molecule has 0 saturated carbocycles. The molecule has 35 heavy (non-hydrogen) atoms. The first kappa shape index (κ1) is 27.4. The molecule has 2 fully saturated rings. The second-order valence-corrected chi connectivity index (χ2v) is 12.5. The molecule has 0 aromatic carbocycles. The first-order valence-electron chi connectivity index (χ1n) is 15.7. The molecule has 5 heterocycles. The normalized spacial score (nSPS) is 41.1. The van der Waals surface area contributed by atoms with Crippen molar-refractivity contribution in [1.82, 2.24) is 9.80 Å². The highest BCUT2D eigenvalue weighted by molar-refractivity contribution is 4.92. The van der Waals surface area contributed by atoms with E-state index in [2.05, 4.69) is 34.1 Å². The third-order valence-electron chi connectivity index (χ3n) is 9.61. The summed E-state index contributed by atoms with van der Waals surface area (Å²) in [6.45, 7) is 7.37. The number of rotatable bonds is 0. The van der Waals surface area contributed by atoms with Gasteiger partial charge >= 0.3 is 0 Å². The van der Waals surface area contributed by atoms with Crippen molar-refractivity contribution in [3.63, 3.8) is 0 Å². The van der Waals surface area contributed by atoms with Gasteiger partial charge in [-0.05, 0) is 127 Å². The van der Waals surface area contributed by atoms with Crippen molar-refractivity contribution in [1.29, 1.82) is 0 Å². The van der Waals surface area contributed by atoms with E-state index >= 15 is 0 Å². The molecular weight excluding hydrogens is 428 g/mol. The zero-order valence-electron chi connectivity index (χ0n) is 22.8. The number of aliphatic hydroxyl groups is 1. The van der Waals surface area contributed by atoms with E-state index in [1.54, 1.807) is 0 Å². The Hall–Kier alpha value is -0.640. The van der Waals surface area contributed by atoms with Gasteiger partial charge in [0.05, 0.1) is 6.10 Å². The van der Waals surface area contributed by atoms with Crippen molar-refractivity contribution in [3.05, 3.63) is 24.3 Å². The molecule has 5 rings (SSSR count). The maximum absolute atomic E-state index is 10.9. The van der Waals surface area contributed by atoms with Gasteiger partial charge in [-0.2, -0.15) is 0 Å². The standard InChI is InChI=1S/C32H56N2O/c35-31-19-15-11-7-2-1-6-10-14-18-29-25-33-21-16-12-8-4-3-5-9-13-17-28-23-30(32(29)20-22-33)26-34(24-28)27-31/h1-4,28-32,35H,5-27H2/b2-1-,4-3-/t28-,29?,30+,31?,32-/m0/s1. The van der Waals surface area contributed by atoms with Crippen LogP contribution in [0.5, 0.6) is 0 Å². The molecule has 3 heteroatoms. The summed E-state index contributed by atoms with van der Waals surface area (Å²) in [5.41, 5.74) is 0. The van der Waals surface area contributed by atoms with Gasteiger partial charge in [-0.15, -0.1) is 0 Å². The molecule has 0 aromatic heterocycles. The first-order chi connectivity index (χ1) is 17.3. The van der Waals surface area contributed by atoms with Gasteiger partial charge in [-0.1, -0.05) is 43.6 Å². The summed E-state index contributed by atoms with van der Waals surface area (Å²) >= 11 is 0. The lowest BCUT2D eigenvalue weighted by atomic mass is 9.69. The number of hydrogen-bond acceptors (Lipinski definition) is 3. The van der Waals surface area contributed by atoms with Gasteiger partial charge in [0.15, 0.2) is 0 Å². The average Bonchev–Trinajstić information content (AvgIpc) is 2.85. The lowest BCUT2D eigenvalue weighted by Gasteiger charge is -2.47. The zero-order chi connectivity index (χ0) is 24.1. The van der Waals surface area contributed by atoms with Crippen LogP contribution in [0.25, 0.3) is 0 Å². The summed E-state index contributed by atoms with van der Waals surface area (Å²) in [6, 6.07) is 0. The maximum atomic E-state index is 10.9. The van der Waals surface area contributed by atoms with Crippen LogP contribution in [0.4, 0.5) is 0 Å². The van der Waals surface area contributed by atoms with Crippen molar-refractivity contribution in [2.75, 3.05) is 39.3 Å². The predicted octanol–water partition coefficient (Wildman–Crippen LogP) is 7.21. The quantitative estimate of drug-likeness (QED) is 0.368. The summed E-state index contributed by atoms with van der Waals surface area (Å²) in [4.78, 5) is 5.53. The fourth-order valence-electron chi connectivity index (χ4n) is 7.74. The van der Waals surface area contributed by atoms with Gasteiger partial charge in [0, 0.05) is 26.2 Å². The van der Waals surface area contributed by atoms with Crippen LogP contribution in [0.15, 0.2) is 24.3 Å². The zero-order valence-corrected chi connectivity index (χ0v) is 22.8. The molecule has 0 amide bonds. The van der Waals surface area contributed by atoms with E-state index in [4.69, 9.17) is 0 Å². The van der Waals surface area contributed by atoms with Crippen LogP contribution in [0, 0.1) is 23.7 Å². The number of fused-ring (bicyclic) bond motifs is 10. The Bertz CT molecular complexity index is 631. The Kier molecular flexibility index (Phi) is 12.2. The van der Waals surface area contributed by atoms with Crippen LogP contribution in [0.2, 0.25) is 0 Å². The molecule has 5 aliphatic heterocycles. The molecule has 6 bridgehead atoms. The molecule has 1 N–H and O–H groups in total. The van der Waals surface area contributed by atoms with Crippen LogP contribution in [-0.4, -0.2) is 60.3 Å². The third-order valence-corrected chi connectivity index (χ3v) is 9.61. The molecule has 0 aliphatic carbocycles. The second kappa shape index (κ2) is 15.6. The van der Waals surface area contributed by atoms with Gasteiger partial charge in [-0.25, -0.2) is 0 Å². The molecule has 0 aromatic rings. The lowest BCUT2D eigenvalue weighted by molar-refractivity contribution is 0.00263. The monoisotopic (exact) mass is 484 g/mol. The minimum atomic E-state index is -0.140. The number of aliphatic hydroxyl groups excluding tert-OH is 1. The molecular formula is C32H56N2O. The summed E-state index contributed by atoms with van der Waals surface area (Å²) in [7, 11) is 0. The van der Waals surface area contributed by atoms with Crippen LogP contribution in [0.3, 0.4) is 0 Å². The number of hydrogen-bond donors (Lipinski definition) is 1. The fourth-order valence-corrected chi connectivity index (χ4v) is 7.74. The molecule has 4 unspecified atom stereocenters. The molecule has 7 atom stereocenters. The van der Waals surface area contributed by atoms with Crippen molar-refractivity contribution in [3.8, 4) is 0 Å². The molecule has 0 spiro atoms. The highest BCUT2D eigenvalue weighted by Gasteiger charge is 2.38. The largest absolute Gasteiger partial charge is 0.392 e. The van der Waals surface area contributed by atoms with E-state index in [0.29, 0.717) is 0 Å². The molecule has 2 saturated heterocycles. The third kappa shape index (κ3) is 9.63. The number of allylic oxidation sites excluding steroid dienone is 4. The number of piperidine rings is 2. The van der Waals surface area contributed by atoms with Crippen LogP contribution in [-0.2, 0) is 0 Å². The van der Waals surface area contributed by atoms with Gasteiger partial charge in [0.1, 0.15) is 0 Å². The highest BCUT2D eigenvalue weighted by atomic mass is 16.3. The van der Waals surface area contributed by atoms with Gasteiger partial charge in [0.2, 0.25) is 0 Å². The molecule has 0 radical (unpaired) electrons. The fraction of sp³-hybridized carbons (Fsp3) is 0.875. The second-order valence-electron chi connectivity index (χ2n) is 12.5. The summed E-state index contributed by atoms with van der Waals surface area (Å²) < 4.78 is 0. The molecule has 3 nitrogen and oxygen atoms in total. The predicted molar refractivity (Wildman–Crippen MR) is 150 cm³/mol.